The minimum atomic E-state index is 0.254. The number of unbranched alkanes of at least 4 members (excludes halogenated alkanes) is 1. The number of Topliss-reactive ketones (excluding diaryl/α,β-unsaturated/α-hetero) is 1. The van der Waals surface area contributed by atoms with E-state index in [0.717, 1.165) is 45.3 Å². The van der Waals surface area contributed by atoms with Crippen LogP contribution in [0.3, 0.4) is 0 Å². The zero-order chi connectivity index (χ0) is 12.1. The van der Waals surface area contributed by atoms with Crippen molar-refractivity contribution in [2.24, 2.45) is 0 Å². The quantitative estimate of drug-likeness (QED) is 0.794. The van der Waals surface area contributed by atoms with Gasteiger partial charge in [-0.05, 0) is 51.7 Å². The Morgan fingerprint density at radius 2 is 2.06 bits per heavy atom. The number of piperidine rings is 1. The molecular weight excluding hydrogens is 212 g/mol. The molecule has 0 saturated carbocycles. The van der Waals surface area contributed by atoms with Crippen LogP contribution in [0.2, 0.25) is 0 Å². The Morgan fingerprint density at radius 1 is 1.29 bits per heavy atom. The van der Waals surface area contributed by atoms with Gasteiger partial charge in [-0.1, -0.05) is 13.3 Å². The Kier molecular flexibility index (Phi) is 4.99. The van der Waals surface area contributed by atoms with Crippen molar-refractivity contribution in [3.8, 4) is 0 Å². The third-order valence-corrected chi connectivity index (χ3v) is 4.22. The van der Waals surface area contributed by atoms with Crippen molar-refractivity contribution >= 4 is 5.78 Å². The van der Waals surface area contributed by atoms with E-state index in [4.69, 9.17) is 0 Å². The summed E-state index contributed by atoms with van der Waals surface area (Å²) in [4.78, 5) is 14.7. The summed E-state index contributed by atoms with van der Waals surface area (Å²) in [7, 11) is 0. The molecule has 2 saturated heterocycles. The average Bonchev–Trinajstić information content (AvgIpc) is 2.86. The van der Waals surface area contributed by atoms with E-state index in [1.54, 1.807) is 0 Å². The normalized spacial score (nSPS) is 27.5. The summed E-state index contributed by atoms with van der Waals surface area (Å²) >= 11 is 0. The lowest BCUT2D eigenvalue weighted by Gasteiger charge is -2.35. The fraction of sp³-hybridized carbons (Fsp3) is 0.929. The van der Waals surface area contributed by atoms with Crippen molar-refractivity contribution < 1.29 is 4.79 Å². The van der Waals surface area contributed by atoms with Gasteiger partial charge in [-0.25, -0.2) is 0 Å². The van der Waals surface area contributed by atoms with Crippen LogP contribution in [0, 0.1) is 0 Å². The van der Waals surface area contributed by atoms with Crippen LogP contribution in [0.5, 0.6) is 0 Å². The number of rotatable bonds is 5. The smallest absolute Gasteiger partial charge is 0.149 e. The van der Waals surface area contributed by atoms with E-state index >= 15 is 0 Å². The van der Waals surface area contributed by atoms with Crippen LogP contribution < -0.4 is 5.32 Å². The summed E-state index contributed by atoms with van der Waals surface area (Å²) < 4.78 is 0. The highest BCUT2D eigenvalue weighted by atomic mass is 16.1. The Balaban J connectivity index is 1.89. The Bertz CT molecular complexity index is 249. The number of hydrogen-bond donors (Lipinski definition) is 1. The molecule has 2 rings (SSSR count). The average molecular weight is 238 g/mol. The van der Waals surface area contributed by atoms with Crippen molar-refractivity contribution in [2.75, 3.05) is 19.6 Å². The maximum Gasteiger partial charge on any atom is 0.149 e. The molecule has 17 heavy (non-hydrogen) atoms. The van der Waals surface area contributed by atoms with E-state index in [-0.39, 0.29) is 6.04 Å². The minimum Gasteiger partial charge on any atom is -0.317 e. The van der Waals surface area contributed by atoms with Gasteiger partial charge in [-0.2, -0.15) is 0 Å². The molecule has 0 aromatic rings. The Hall–Kier alpha value is -0.410. The number of nitrogens with one attached hydrogen (secondary N) is 1. The standard InChI is InChI=1S/C14H26N2O/c1-2-3-6-14(17)13-5-4-11-16(13)12-7-9-15-10-8-12/h12-13,15H,2-11H2,1H3. The second kappa shape index (κ2) is 6.50. The van der Waals surface area contributed by atoms with Gasteiger partial charge >= 0.3 is 0 Å². The third-order valence-electron chi connectivity index (χ3n) is 4.22. The second-order valence-corrected chi connectivity index (χ2v) is 5.45. The molecule has 0 amide bonds. The first-order chi connectivity index (χ1) is 8.33. The predicted molar refractivity (Wildman–Crippen MR) is 70.2 cm³/mol. The number of ketones is 1. The van der Waals surface area contributed by atoms with Crippen molar-refractivity contribution in [1.82, 2.24) is 10.2 Å². The highest BCUT2D eigenvalue weighted by Gasteiger charge is 2.34. The number of carbonyl (C=O) groups is 1. The van der Waals surface area contributed by atoms with Crippen molar-refractivity contribution in [3.05, 3.63) is 0 Å². The van der Waals surface area contributed by atoms with Crippen molar-refractivity contribution in [3.63, 3.8) is 0 Å². The molecule has 3 heteroatoms. The molecule has 0 aromatic heterocycles. The SMILES string of the molecule is CCCCC(=O)C1CCCN1C1CCNCC1. The van der Waals surface area contributed by atoms with Crippen LogP contribution in [0.25, 0.3) is 0 Å². The minimum absolute atomic E-state index is 0.254. The van der Waals surface area contributed by atoms with E-state index < -0.39 is 0 Å². The Labute approximate surface area is 105 Å². The summed E-state index contributed by atoms with van der Waals surface area (Å²) in [6.07, 6.45) is 7.75. The monoisotopic (exact) mass is 238 g/mol. The van der Waals surface area contributed by atoms with Gasteiger partial charge in [0.15, 0.2) is 0 Å². The third kappa shape index (κ3) is 3.29. The van der Waals surface area contributed by atoms with E-state index in [0.29, 0.717) is 11.8 Å². The number of likely N-dealkylation sites (tertiary alicyclic amines) is 1. The molecule has 0 aromatic carbocycles. The van der Waals surface area contributed by atoms with Gasteiger partial charge in [-0.15, -0.1) is 0 Å². The fourth-order valence-electron chi connectivity index (χ4n) is 3.23. The van der Waals surface area contributed by atoms with Crippen molar-refractivity contribution in [1.29, 1.82) is 0 Å². The molecule has 0 bridgehead atoms. The highest BCUT2D eigenvalue weighted by molar-refractivity contribution is 5.84. The summed E-state index contributed by atoms with van der Waals surface area (Å²) in [5, 5.41) is 3.40. The molecule has 1 N–H and O–H groups in total. The van der Waals surface area contributed by atoms with Crippen LogP contribution in [-0.2, 0) is 4.79 Å². The molecule has 1 unspecified atom stereocenters. The molecule has 98 valence electrons. The van der Waals surface area contributed by atoms with Gasteiger partial charge in [0, 0.05) is 12.5 Å². The molecule has 2 aliphatic rings. The molecule has 2 fully saturated rings. The summed E-state index contributed by atoms with van der Waals surface area (Å²) in [5.74, 6) is 0.503. The molecule has 0 aliphatic carbocycles. The fourth-order valence-corrected chi connectivity index (χ4v) is 3.23. The van der Waals surface area contributed by atoms with Crippen molar-refractivity contribution in [2.45, 2.75) is 64.0 Å². The number of hydrogen-bond acceptors (Lipinski definition) is 3. The lowest BCUT2D eigenvalue weighted by Crippen LogP contribution is -2.47. The van der Waals surface area contributed by atoms with Crippen LogP contribution in [0.15, 0.2) is 0 Å². The topological polar surface area (TPSA) is 32.3 Å². The molecule has 0 spiro atoms. The van der Waals surface area contributed by atoms with Gasteiger partial charge in [0.1, 0.15) is 5.78 Å². The zero-order valence-corrected chi connectivity index (χ0v) is 11.1. The molecular formula is C14H26N2O. The van der Waals surface area contributed by atoms with Crippen LogP contribution in [0.4, 0.5) is 0 Å². The zero-order valence-electron chi connectivity index (χ0n) is 11.1. The lowest BCUT2D eigenvalue weighted by atomic mass is 10.00. The van der Waals surface area contributed by atoms with Gasteiger partial charge in [0.25, 0.3) is 0 Å². The van der Waals surface area contributed by atoms with Gasteiger partial charge < -0.3 is 5.32 Å². The molecule has 2 aliphatic heterocycles. The first-order valence-corrected chi connectivity index (χ1v) is 7.32. The molecule has 3 nitrogen and oxygen atoms in total. The highest BCUT2D eigenvalue weighted by Crippen LogP contribution is 2.26. The van der Waals surface area contributed by atoms with E-state index in [1.807, 2.05) is 0 Å². The first-order valence-electron chi connectivity index (χ1n) is 7.32. The van der Waals surface area contributed by atoms with Gasteiger partial charge in [0.2, 0.25) is 0 Å². The predicted octanol–water partition coefficient (Wildman–Crippen LogP) is 1.96. The number of carbonyl (C=O) groups excluding carboxylic acids is 1. The largest absolute Gasteiger partial charge is 0.317 e. The summed E-state index contributed by atoms with van der Waals surface area (Å²) in [6, 6.07) is 0.916. The summed E-state index contributed by atoms with van der Waals surface area (Å²) in [6.45, 7) is 5.55. The number of nitrogens with zero attached hydrogens (tertiary/aromatic N) is 1. The molecule has 2 heterocycles. The van der Waals surface area contributed by atoms with Crippen LogP contribution >= 0.6 is 0 Å². The second-order valence-electron chi connectivity index (χ2n) is 5.45. The maximum absolute atomic E-state index is 12.2. The Morgan fingerprint density at radius 3 is 2.76 bits per heavy atom. The molecule has 0 radical (unpaired) electrons. The van der Waals surface area contributed by atoms with E-state index in [9.17, 15) is 4.79 Å². The van der Waals surface area contributed by atoms with Crippen LogP contribution in [-0.4, -0.2) is 42.4 Å². The lowest BCUT2D eigenvalue weighted by molar-refractivity contribution is -0.124. The van der Waals surface area contributed by atoms with E-state index in [1.165, 1.54) is 19.3 Å². The maximum atomic E-state index is 12.2. The van der Waals surface area contributed by atoms with Crippen LogP contribution in [0.1, 0.15) is 51.9 Å². The van der Waals surface area contributed by atoms with E-state index in [2.05, 4.69) is 17.1 Å². The summed E-state index contributed by atoms with van der Waals surface area (Å²) in [5.41, 5.74) is 0. The van der Waals surface area contributed by atoms with Gasteiger partial charge in [-0.3, -0.25) is 9.69 Å². The van der Waals surface area contributed by atoms with Gasteiger partial charge in [0.05, 0.1) is 6.04 Å². The first kappa shape index (κ1) is 13.0. The molecule has 1 atom stereocenters.